The van der Waals surface area contributed by atoms with Gasteiger partial charge in [0.15, 0.2) is 0 Å². The van der Waals surface area contributed by atoms with E-state index in [-0.39, 0.29) is 5.97 Å². The summed E-state index contributed by atoms with van der Waals surface area (Å²) in [6.45, 7) is 7.97. The number of hydrogen-bond acceptors (Lipinski definition) is 4. The summed E-state index contributed by atoms with van der Waals surface area (Å²) in [7, 11) is 0.264. The van der Waals surface area contributed by atoms with E-state index in [9.17, 15) is 4.79 Å². The van der Waals surface area contributed by atoms with E-state index in [0.717, 1.165) is 21.4 Å². The summed E-state index contributed by atoms with van der Waals surface area (Å²) in [5, 5.41) is 5.20. The van der Waals surface area contributed by atoms with Gasteiger partial charge in [0.05, 0.1) is 24.4 Å². The molecule has 0 fully saturated rings. The van der Waals surface area contributed by atoms with Crippen LogP contribution in [0.3, 0.4) is 0 Å². The number of carbonyl (C=O) groups excluding carboxylic acids is 1. The normalized spacial score (nSPS) is 11.9. The minimum Gasteiger partial charge on any atom is -0.465 e. The van der Waals surface area contributed by atoms with Gasteiger partial charge in [0.2, 0.25) is 0 Å². The molecule has 1 aromatic carbocycles. The van der Waals surface area contributed by atoms with Gasteiger partial charge in [-0.1, -0.05) is 35.6 Å². The van der Waals surface area contributed by atoms with E-state index >= 15 is 0 Å². The van der Waals surface area contributed by atoms with Gasteiger partial charge >= 0.3 is 5.97 Å². The van der Waals surface area contributed by atoms with Crippen molar-refractivity contribution in [2.24, 2.45) is 0 Å². The summed E-state index contributed by atoms with van der Waals surface area (Å²) in [5.41, 5.74) is 1.22. The molecule has 5 nitrogen and oxygen atoms in total. The third-order valence-electron chi connectivity index (χ3n) is 3.36. The largest absolute Gasteiger partial charge is 0.465 e. The van der Waals surface area contributed by atoms with Gasteiger partial charge in [-0.2, -0.15) is 5.10 Å². The molecule has 7 heteroatoms. The van der Waals surface area contributed by atoms with Crippen LogP contribution in [-0.4, -0.2) is 37.5 Å². The molecule has 0 amide bonds. The van der Waals surface area contributed by atoms with Crippen LogP contribution in [0.2, 0.25) is 25.7 Å². The number of aromatic nitrogens is 2. The Morgan fingerprint density at radius 2 is 2.09 bits per heavy atom. The maximum Gasteiger partial charge on any atom is 0.340 e. The Bertz CT molecular complexity index is 679. The minimum absolute atomic E-state index is 0.328. The molecule has 2 aromatic rings. The van der Waals surface area contributed by atoms with Gasteiger partial charge in [0, 0.05) is 24.5 Å². The summed E-state index contributed by atoms with van der Waals surface area (Å²) in [6.07, 6.45) is 1.73. The molecule has 22 heavy (non-hydrogen) atoms. The second-order valence-corrected chi connectivity index (χ2v) is 12.8. The second-order valence-electron chi connectivity index (χ2n) is 6.34. The highest BCUT2D eigenvalue weighted by atomic mass is 79.9. The maximum atomic E-state index is 11.9. The fraction of sp³-hybridized carbons (Fsp3) is 0.467. The quantitative estimate of drug-likeness (QED) is 0.430. The highest BCUT2D eigenvalue weighted by Gasteiger charge is 2.17. The van der Waals surface area contributed by atoms with Gasteiger partial charge in [-0.05, 0) is 18.2 Å². The molecule has 0 spiro atoms. The van der Waals surface area contributed by atoms with Crippen molar-refractivity contribution in [3.8, 4) is 0 Å². The van der Waals surface area contributed by atoms with Gasteiger partial charge in [-0.3, -0.25) is 0 Å². The third-order valence-corrected chi connectivity index (χ3v) is 5.76. The number of esters is 1. The molecule has 0 aliphatic rings. The molecule has 0 aliphatic carbocycles. The van der Waals surface area contributed by atoms with Gasteiger partial charge in [-0.15, -0.1) is 0 Å². The number of fused-ring (bicyclic) bond motifs is 1. The lowest BCUT2D eigenvalue weighted by Gasteiger charge is -2.15. The Kier molecular flexibility index (Phi) is 5.41. The Hall–Kier alpha value is -1.18. The maximum absolute atomic E-state index is 11.9. The van der Waals surface area contributed by atoms with Gasteiger partial charge < -0.3 is 9.47 Å². The van der Waals surface area contributed by atoms with Crippen LogP contribution in [-0.2, 0) is 16.2 Å². The molecular formula is C15H21BrN2O3Si. The fourth-order valence-electron chi connectivity index (χ4n) is 2.07. The van der Waals surface area contributed by atoms with Crippen LogP contribution in [0, 0.1) is 0 Å². The standard InChI is InChI=1S/C15H21BrN2O3Si/c1-20-15(19)11-5-6-13(16)12-9-17-18(14(11)12)10-21-7-8-22(2,3)4/h5-6,9H,7-8,10H2,1-4H3. The highest BCUT2D eigenvalue weighted by molar-refractivity contribution is 9.10. The number of rotatable bonds is 6. The molecule has 0 N–H and O–H groups in total. The monoisotopic (exact) mass is 384 g/mol. The Morgan fingerprint density at radius 1 is 1.36 bits per heavy atom. The number of carbonyl (C=O) groups is 1. The van der Waals surface area contributed by atoms with Gasteiger partial charge in [0.25, 0.3) is 0 Å². The number of halogens is 1. The molecule has 0 saturated heterocycles. The topological polar surface area (TPSA) is 53.3 Å². The molecule has 1 heterocycles. The molecule has 0 radical (unpaired) electrons. The van der Waals surface area contributed by atoms with Gasteiger partial charge in [0.1, 0.15) is 6.73 Å². The van der Waals surface area contributed by atoms with Crippen LogP contribution in [0.5, 0.6) is 0 Å². The van der Waals surface area contributed by atoms with Crippen molar-refractivity contribution in [3.05, 3.63) is 28.4 Å². The molecule has 0 atom stereocenters. The summed E-state index contributed by atoms with van der Waals surface area (Å²) >= 11 is 3.48. The number of hydrogen-bond donors (Lipinski definition) is 0. The van der Waals surface area contributed by atoms with Crippen molar-refractivity contribution < 1.29 is 14.3 Å². The molecule has 120 valence electrons. The molecule has 1 aromatic heterocycles. The van der Waals surface area contributed by atoms with Crippen molar-refractivity contribution in [1.82, 2.24) is 9.78 Å². The Balaban J connectivity index is 2.23. The van der Waals surface area contributed by atoms with Crippen LogP contribution >= 0.6 is 15.9 Å². The molecule has 0 saturated carbocycles. The van der Waals surface area contributed by atoms with E-state index in [4.69, 9.17) is 9.47 Å². The van der Waals surface area contributed by atoms with Crippen molar-refractivity contribution in [3.63, 3.8) is 0 Å². The fourth-order valence-corrected chi connectivity index (χ4v) is 3.25. The lowest BCUT2D eigenvalue weighted by atomic mass is 10.1. The first-order valence-corrected chi connectivity index (χ1v) is 11.6. The molecule has 2 rings (SSSR count). The first-order chi connectivity index (χ1) is 10.3. The third kappa shape index (κ3) is 3.96. The Labute approximate surface area is 139 Å². The van der Waals surface area contributed by atoms with Crippen LogP contribution in [0.25, 0.3) is 10.9 Å². The number of benzene rings is 1. The van der Waals surface area contributed by atoms with Crippen LogP contribution in [0.4, 0.5) is 0 Å². The van der Waals surface area contributed by atoms with Crippen molar-refractivity contribution >= 4 is 40.9 Å². The lowest BCUT2D eigenvalue weighted by Crippen LogP contribution is -2.22. The smallest absolute Gasteiger partial charge is 0.340 e. The zero-order valence-corrected chi connectivity index (χ0v) is 15.9. The zero-order chi connectivity index (χ0) is 16.3. The van der Waals surface area contributed by atoms with Crippen LogP contribution < -0.4 is 0 Å². The van der Waals surface area contributed by atoms with E-state index in [1.165, 1.54) is 7.11 Å². The summed E-state index contributed by atoms with van der Waals surface area (Å²) in [5.74, 6) is -0.374. The van der Waals surface area contributed by atoms with Crippen LogP contribution in [0.15, 0.2) is 22.8 Å². The number of methoxy groups -OCH3 is 1. The highest BCUT2D eigenvalue weighted by Crippen LogP contribution is 2.27. The minimum atomic E-state index is -1.11. The average Bonchev–Trinajstić information content (AvgIpc) is 2.87. The number of nitrogens with zero attached hydrogens (tertiary/aromatic N) is 2. The summed E-state index contributed by atoms with van der Waals surface area (Å²) < 4.78 is 13.2. The van der Waals surface area contributed by atoms with E-state index in [1.54, 1.807) is 16.9 Å². The summed E-state index contributed by atoms with van der Waals surface area (Å²) in [4.78, 5) is 11.9. The molecule has 0 aliphatic heterocycles. The summed E-state index contributed by atoms with van der Waals surface area (Å²) in [6, 6.07) is 4.66. The van der Waals surface area contributed by atoms with Gasteiger partial charge in [-0.25, -0.2) is 9.48 Å². The number of ether oxygens (including phenoxy) is 2. The predicted molar refractivity (Wildman–Crippen MR) is 92.9 cm³/mol. The van der Waals surface area contributed by atoms with E-state index in [1.807, 2.05) is 6.07 Å². The average molecular weight is 385 g/mol. The molecular weight excluding hydrogens is 364 g/mol. The zero-order valence-electron chi connectivity index (χ0n) is 13.4. The molecule has 0 unspecified atom stereocenters. The van der Waals surface area contributed by atoms with E-state index < -0.39 is 8.07 Å². The van der Waals surface area contributed by atoms with E-state index in [2.05, 4.69) is 40.7 Å². The Morgan fingerprint density at radius 3 is 2.73 bits per heavy atom. The predicted octanol–water partition coefficient (Wildman–Crippen LogP) is 3.90. The van der Waals surface area contributed by atoms with E-state index in [0.29, 0.717) is 18.9 Å². The lowest BCUT2D eigenvalue weighted by molar-refractivity contribution is 0.0599. The molecule has 0 bridgehead atoms. The van der Waals surface area contributed by atoms with Crippen LogP contribution in [0.1, 0.15) is 10.4 Å². The first-order valence-electron chi connectivity index (χ1n) is 7.13. The van der Waals surface area contributed by atoms with Crippen molar-refractivity contribution in [2.75, 3.05) is 13.7 Å². The second kappa shape index (κ2) is 6.93. The SMILES string of the molecule is COC(=O)c1ccc(Br)c2cnn(COCC[Si](C)(C)C)c12. The van der Waals surface area contributed by atoms with Crippen molar-refractivity contribution in [2.45, 2.75) is 32.4 Å². The first kappa shape index (κ1) is 17.2. The van der Waals surface area contributed by atoms with Crippen molar-refractivity contribution in [1.29, 1.82) is 0 Å².